The highest BCUT2D eigenvalue weighted by molar-refractivity contribution is 5.53. The molecule has 1 aromatic heterocycles. The maximum absolute atomic E-state index is 6.11. The van der Waals surface area contributed by atoms with Gasteiger partial charge < -0.3 is 10.6 Å². The van der Waals surface area contributed by atoms with Gasteiger partial charge in [0.25, 0.3) is 0 Å². The number of rotatable bonds is 4. The van der Waals surface area contributed by atoms with Crippen LogP contribution in [0.3, 0.4) is 0 Å². The largest absolute Gasteiger partial charge is 0.398 e. The highest BCUT2D eigenvalue weighted by atomic mass is 15.1. The average molecular weight is 273 g/mol. The number of nitrogens with zero attached hydrogens (tertiary/aromatic N) is 2. The fourth-order valence-corrected chi connectivity index (χ4v) is 4.27. The molecule has 3 unspecified atom stereocenters. The minimum Gasteiger partial charge on any atom is -0.398 e. The predicted molar refractivity (Wildman–Crippen MR) is 83.4 cm³/mol. The Hall–Kier alpha value is -1.09. The minimum absolute atomic E-state index is 0.906. The van der Waals surface area contributed by atoms with E-state index in [9.17, 15) is 0 Å². The smallest absolute Gasteiger partial charge is 0.0593 e. The number of hydrogen-bond acceptors (Lipinski definition) is 3. The number of fused-ring (bicyclic) bond motifs is 2. The Labute approximate surface area is 122 Å². The summed E-state index contributed by atoms with van der Waals surface area (Å²) < 4.78 is 0. The van der Waals surface area contributed by atoms with E-state index in [0.29, 0.717) is 0 Å². The number of anilines is 1. The van der Waals surface area contributed by atoms with Gasteiger partial charge in [0, 0.05) is 25.0 Å². The Morgan fingerprint density at radius 3 is 2.75 bits per heavy atom. The van der Waals surface area contributed by atoms with Crippen LogP contribution in [0.4, 0.5) is 5.69 Å². The minimum atomic E-state index is 0.906. The zero-order chi connectivity index (χ0) is 14.3. The molecular weight excluding hydrogens is 246 g/mol. The van der Waals surface area contributed by atoms with E-state index in [4.69, 9.17) is 5.73 Å². The van der Waals surface area contributed by atoms with Crippen LogP contribution in [0.2, 0.25) is 0 Å². The fourth-order valence-electron chi connectivity index (χ4n) is 4.27. The number of pyridine rings is 1. The lowest BCUT2D eigenvalue weighted by molar-refractivity contribution is 0.213. The maximum atomic E-state index is 6.11. The third-order valence-electron chi connectivity index (χ3n) is 5.53. The molecule has 2 aliphatic rings. The first-order chi connectivity index (χ1) is 9.54. The zero-order valence-electron chi connectivity index (χ0n) is 13.0. The van der Waals surface area contributed by atoms with E-state index >= 15 is 0 Å². The van der Waals surface area contributed by atoms with Gasteiger partial charge in [-0.2, -0.15) is 0 Å². The second-order valence-electron chi connectivity index (χ2n) is 7.06. The van der Waals surface area contributed by atoms with Gasteiger partial charge in [-0.25, -0.2) is 0 Å². The molecule has 0 aliphatic heterocycles. The van der Waals surface area contributed by atoms with Crippen molar-refractivity contribution in [3.05, 3.63) is 23.0 Å². The molecule has 2 saturated carbocycles. The van der Waals surface area contributed by atoms with Gasteiger partial charge in [0.2, 0.25) is 0 Å². The van der Waals surface area contributed by atoms with E-state index in [-0.39, 0.29) is 0 Å². The summed E-state index contributed by atoms with van der Waals surface area (Å²) in [7, 11) is 2.23. The number of hydrogen-bond donors (Lipinski definition) is 1. The van der Waals surface area contributed by atoms with Crippen LogP contribution in [0, 0.1) is 31.6 Å². The number of aromatic nitrogens is 1. The molecule has 3 atom stereocenters. The molecule has 0 amide bonds. The Bertz CT molecular complexity index is 497. The van der Waals surface area contributed by atoms with Crippen molar-refractivity contribution < 1.29 is 0 Å². The second kappa shape index (κ2) is 5.36. The first-order valence-corrected chi connectivity index (χ1v) is 7.93. The summed E-state index contributed by atoms with van der Waals surface area (Å²) in [5.74, 6) is 2.95. The van der Waals surface area contributed by atoms with Gasteiger partial charge in [-0.3, -0.25) is 4.98 Å². The summed E-state index contributed by atoms with van der Waals surface area (Å²) in [6, 6.07) is 0. The van der Waals surface area contributed by atoms with E-state index in [0.717, 1.165) is 46.8 Å². The monoisotopic (exact) mass is 273 g/mol. The highest BCUT2D eigenvalue weighted by Gasteiger charge is 2.39. The molecule has 3 rings (SSSR count). The molecule has 3 heteroatoms. The molecule has 0 saturated heterocycles. The number of nitrogen functional groups attached to an aromatic ring is 1. The molecule has 0 aromatic carbocycles. The summed E-state index contributed by atoms with van der Waals surface area (Å²) in [5, 5.41) is 0. The first kappa shape index (κ1) is 13.9. The first-order valence-electron chi connectivity index (χ1n) is 7.93. The van der Waals surface area contributed by atoms with Gasteiger partial charge in [-0.05, 0) is 69.0 Å². The van der Waals surface area contributed by atoms with Crippen LogP contribution < -0.4 is 5.73 Å². The highest BCUT2D eigenvalue weighted by Crippen LogP contribution is 2.48. The summed E-state index contributed by atoms with van der Waals surface area (Å²) in [6.07, 6.45) is 7.81. The molecule has 2 N–H and O–H groups in total. The van der Waals surface area contributed by atoms with Crippen LogP contribution in [0.25, 0.3) is 0 Å². The maximum Gasteiger partial charge on any atom is 0.0593 e. The molecule has 110 valence electrons. The summed E-state index contributed by atoms with van der Waals surface area (Å²) in [6.45, 7) is 6.26. The molecular formula is C17H27N3. The van der Waals surface area contributed by atoms with Gasteiger partial charge in [0.15, 0.2) is 0 Å². The number of nitrogens with two attached hydrogens (primary N) is 1. The topological polar surface area (TPSA) is 42.2 Å². The van der Waals surface area contributed by atoms with Crippen molar-refractivity contribution in [1.82, 2.24) is 9.88 Å². The second-order valence-corrected chi connectivity index (χ2v) is 7.06. The molecule has 2 bridgehead atoms. The van der Waals surface area contributed by atoms with Gasteiger partial charge in [0.05, 0.1) is 5.69 Å². The lowest BCUT2D eigenvalue weighted by Gasteiger charge is -2.27. The Kier molecular flexibility index (Phi) is 3.72. The van der Waals surface area contributed by atoms with Crippen molar-refractivity contribution in [2.45, 2.75) is 46.1 Å². The summed E-state index contributed by atoms with van der Waals surface area (Å²) >= 11 is 0. The molecule has 0 spiro atoms. The van der Waals surface area contributed by atoms with Crippen LogP contribution in [0.1, 0.15) is 42.5 Å². The Morgan fingerprint density at radius 2 is 2.10 bits per heavy atom. The van der Waals surface area contributed by atoms with Crippen LogP contribution in [0.5, 0.6) is 0 Å². The van der Waals surface area contributed by atoms with Crippen LogP contribution >= 0.6 is 0 Å². The van der Waals surface area contributed by atoms with Crippen LogP contribution in [-0.4, -0.2) is 23.5 Å². The molecule has 2 fully saturated rings. The Balaban J connectivity index is 1.62. The quantitative estimate of drug-likeness (QED) is 0.916. The van der Waals surface area contributed by atoms with E-state index in [1.165, 1.54) is 32.2 Å². The van der Waals surface area contributed by atoms with Crippen LogP contribution in [-0.2, 0) is 6.54 Å². The van der Waals surface area contributed by atoms with Gasteiger partial charge in [-0.1, -0.05) is 6.42 Å². The Morgan fingerprint density at radius 1 is 1.30 bits per heavy atom. The van der Waals surface area contributed by atoms with E-state index in [1.54, 1.807) is 0 Å². The zero-order valence-corrected chi connectivity index (χ0v) is 13.0. The van der Waals surface area contributed by atoms with E-state index < -0.39 is 0 Å². The molecule has 2 aliphatic carbocycles. The van der Waals surface area contributed by atoms with E-state index in [2.05, 4.69) is 23.9 Å². The van der Waals surface area contributed by atoms with Gasteiger partial charge in [-0.15, -0.1) is 0 Å². The normalized spacial score (nSPS) is 28.5. The summed E-state index contributed by atoms with van der Waals surface area (Å²) in [4.78, 5) is 7.02. The molecule has 3 nitrogen and oxygen atoms in total. The van der Waals surface area contributed by atoms with Crippen molar-refractivity contribution in [3.8, 4) is 0 Å². The van der Waals surface area contributed by atoms with Crippen molar-refractivity contribution in [1.29, 1.82) is 0 Å². The fraction of sp³-hybridized carbons (Fsp3) is 0.706. The van der Waals surface area contributed by atoms with Crippen LogP contribution in [0.15, 0.2) is 6.20 Å². The average Bonchev–Trinajstić information content (AvgIpc) is 3.02. The van der Waals surface area contributed by atoms with Crippen molar-refractivity contribution in [2.75, 3.05) is 19.3 Å². The summed E-state index contributed by atoms with van der Waals surface area (Å²) in [5.41, 5.74) is 10.4. The lowest BCUT2D eigenvalue weighted by atomic mass is 9.88. The predicted octanol–water partition coefficient (Wildman–Crippen LogP) is 3.15. The molecule has 20 heavy (non-hydrogen) atoms. The van der Waals surface area contributed by atoms with Gasteiger partial charge >= 0.3 is 0 Å². The SMILES string of the molecule is Cc1cnc(CN(C)CC2CC3CCC2C3)c(C)c1N. The standard InChI is InChI=1S/C17H27N3/c1-11-8-19-16(12(2)17(11)18)10-20(3)9-15-7-13-4-5-14(15)6-13/h8,13-15H,4-7,9-10H2,1-3H3,(H2,18,19). The lowest BCUT2D eigenvalue weighted by Crippen LogP contribution is -2.29. The molecule has 1 aromatic rings. The molecule has 1 heterocycles. The van der Waals surface area contributed by atoms with Gasteiger partial charge in [0.1, 0.15) is 0 Å². The van der Waals surface area contributed by atoms with Crippen molar-refractivity contribution >= 4 is 5.69 Å². The molecule has 0 radical (unpaired) electrons. The van der Waals surface area contributed by atoms with Crippen molar-refractivity contribution in [2.24, 2.45) is 17.8 Å². The van der Waals surface area contributed by atoms with E-state index in [1.807, 2.05) is 13.1 Å². The number of aryl methyl sites for hydroxylation is 1. The van der Waals surface area contributed by atoms with Crippen molar-refractivity contribution in [3.63, 3.8) is 0 Å². The third kappa shape index (κ3) is 2.56. The third-order valence-corrected chi connectivity index (χ3v) is 5.53.